The van der Waals surface area contributed by atoms with Gasteiger partial charge in [0.2, 0.25) is 0 Å². The van der Waals surface area contributed by atoms with Gasteiger partial charge in [-0.25, -0.2) is 9.18 Å². The molecule has 0 aliphatic carbocycles. The summed E-state index contributed by atoms with van der Waals surface area (Å²) in [6.07, 6.45) is 5.30. The van der Waals surface area contributed by atoms with E-state index in [0.717, 1.165) is 29.4 Å². The lowest BCUT2D eigenvalue weighted by Crippen LogP contribution is -2.33. The van der Waals surface area contributed by atoms with Crippen molar-refractivity contribution in [3.8, 4) is 11.1 Å². The standard InChI is InChI=1S/C20H20FN5O/c1-2-15-9-18(6-7-19(15)16-10-23-24-11-16)25-20(27)26(13-22)12-14-4-3-5-17(21)8-14/h3-11,13,22H,2,12H2,1H3,(H,23,24)(H,25,27). The molecule has 0 spiro atoms. The Morgan fingerprint density at radius 2 is 2.19 bits per heavy atom. The number of halogens is 1. The third kappa shape index (κ3) is 4.38. The molecule has 0 bridgehead atoms. The van der Waals surface area contributed by atoms with Gasteiger partial charge in [-0.2, -0.15) is 5.10 Å². The zero-order valence-electron chi connectivity index (χ0n) is 14.9. The van der Waals surface area contributed by atoms with Crippen LogP contribution >= 0.6 is 0 Å². The minimum atomic E-state index is -0.452. The first-order valence-corrected chi connectivity index (χ1v) is 8.55. The van der Waals surface area contributed by atoms with Gasteiger partial charge >= 0.3 is 6.03 Å². The van der Waals surface area contributed by atoms with E-state index < -0.39 is 6.03 Å². The molecule has 138 valence electrons. The largest absolute Gasteiger partial charge is 0.327 e. The maximum Gasteiger partial charge on any atom is 0.327 e. The summed E-state index contributed by atoms with van der Waals surface area (Å²) < 4.78 is 13.3. The highest BCUT2D eigenvalue weighted by Gasteiger charge is 2.14. The van der Waals surface area contributed by atoms with Gasteiger partial charge in [0.25, 0.3) is 0 Å². The molecule has 0 radical (unpaired) electrons. The molecule has 27 heavy (non-hydrogen) atoms. The molecule has 2 aromatic carbocycles. The topological polar surface area (TPSA) is 84.9 Å². The average Bonchev–Trinajstić information content (AvgIpc) is 3.20. The predicted molar refractivity (Wildman–Crippen MR) is 103 cm³/mol. The molecule has 0 saturated carbocycles. The van der Waals surface area contributed by atoms with Crippen LogP contribution in [0.15, 0.2) is 54.9 Å². The lowest BCUT2D eigenvalue weighted by molar-refractivity contribution is 0.233. The summed E-state index contributed by atoms with van der Waals surface area (Å²) in [7, 11) is 0. The normalized spacial score (nSPS) is 10.4. The van der Waals surface area contributed by atoms with Crippen molar-refractivity contribution in [3.05, 3.63) is 71.8 Å². The van der Waals surface area contributed by atoms with Crippen LogP contribution in [0.25, 0.3) is 11.1 Å². The number of rotatable bonds is 6. The van der Waals surface area contributed by atoms with E-state index in [0.29, 0.717) is 11.3 Å². The number of carbonyl (C=O) groups is 1. The van der Waals surface area contributed by atoms with Crippen molar-refractivity contribution >= 4 is 18.1 Å². The minimum Gasteiger partial charge on any atom is -0.307 e. The van der Waals surface area contributed by atoms with E-state index >= 15 is 0 Å². The van der Waals surface area contributed by atoms with Gasteiger partial charge in [-0.05, 0) is 47.4 Å². The molecule has 2 amide bonds. The van der Waals surface area contributed by atoms with Crippen LogP contribution in [0.2, 0.25) is 0 Å². The number of anilines is 1. The molecule has 1 aromatic heterocycles. The Hall–Kier alpha value is -3.48. The van der Waals surface area contributed by atoms with Gasteiger partial charge in [0, 0.05) is 17.4 Å². The monoisotopic (exact) mass is 365 g/mol. The second-order valence-corrected chi connectivity index (χ2v) is 6.03. The van der Waals surface area contributed by atoms with Crippen LogP contribution in [0.1, 0.15) is 18.1 Å². The molecule has 3 N–H and O–H groups in total. The van der Waals surface area contributed by atoms with Crippen molar-refractivity contribution in [2.24, 2.45) is 0 Å². The molecule has 7 heteroatoms. The summed E-state index contributed by atoms with van der Waals surface area (Å²) in [5.41, 5.74) is 4.35. The summed E-state index contributed by atoms with van der Waals surface area (Å²) in [5, 5.41) is 17.1. The fourth-order valence-corrected chi connectivity index (χ4v) is 2.85. The fraction of sp³-hybridized carbons (Fsp3) is 0.150. The van der Waals surface area contributed by atoms with Gasteiger partial charge in [-0.15, -0.1) is 0 Å². The van der Waals surface area contributed by atoms with Crippen molar-refractivity contribution < 1.29 is 9.18 Å². The van der Waals surface area contributed by atoms with Crippen molar-refractivity contribution in [1.82, 2.24) is 15.1 Å². The van der Waals surface area contributed by atoms with E-state index in [1.807, 2.05) is 31.3 Å². The average molecular weight is 365 g/mol. The van der Waals surface area contributed by atoms with Crippen LogP contribution in [0.3, 0.4) is 0 Å². The number of aromatic amines is 1. The number of H-pyrrole nitrogens is 1. The first kappa shape index (κ1) is 18.3. The molecule has 3 aromatic rings. The van der Waals surface area contributed by atoms with E-state index in [4.69, 9.17) is 5.41 Å². The van der Waals surface area contributed by atoms with Gasteiger partial charge in [0.1, 0.15) is 5.82 Å². The van der Waals surface area contributed by atoms with E-state index in [-0.39, 0.29) is 12.4 Å². The first-order chi connectivity index (χ1) is 13.1. The Morgan fingerprint density at radius 3 is 2.85 bits per heavy atom. The molecule has 0 aliphatic rings. The second-order valence-electron chi connectivity index (χ2n) is 6.03. The number of benzene rings is 2. The molecular weight excluding hydrogens is 345 g/mol. The number of nitrogens with zero attached hydrogens (tertiary/aromatic N) is 2. The van der Waals surface area contributed by atoms with Crippen LogP contribution in [0.5, 0.6) is 0 Å². The number of aromatic nitrogens is 2. The van der Waals surface area contributed by atoms with Crippen molar-refractivity contribution in [2.75, 3.05) is 5.32 Å². The molecular formula is C20H20FN5O. The minimum absolute atomic E-state index is 0.112. The van der Waals surface area contributed by atoms with Crippen molar-refractivity contribution in [3.63, 3.8) is 0 Å². The lowest BCUT2D eigenvalue weighted by Gasteiger charge is -2.18. The van der Waals surface area contributed by atoms with E-state index in [1.54, 1.807) is 18.3 Å². The number of carbonyl (C=O) groups excluding carboxylic acids is 1. The van der Waals surface area contributed by atoms with Crippen LogP contribution in [-0.2, 0) is 13.0 Å². The summed E-state index contributed by atoms with van der Waals surface area (Å²) in [5.74, 6) is -0.375. The Morgan fingerprint density at radius 1 is 1.33 bits per heavy atom. The summed E-state index contributed by atoms with van der Waals surface area (Å²) in [6.45, 7) is 2.15. The van der Waals surface area contributed by atoms with Gasteiger partial charge in [-0.3, -0.25) is 15.4 Å². The summed E-state index contributed by atoms with van der Waals surface area (Å²) in [4.78, 5) is 13.7. The fourth-order valence-electron chi connectivity index (χ4n) is 2.85. The Balaban J connectivity index is 1.75. The molecule has 0 fully saturated rings. The van der Waals surface area contributed by atoms with Gasteiger partial charge < -0.3 is 5.32 Å². The zero-order valence-corrected chi connectivity index (χ0v) is 14.9. The summed E-state index contributed by atoms with van der Waals surface area (Å²) >= 11 is 0. The Kier molecular flexibility index (Phi) is 5.61. The third-order valence-electron chi connectivity index (χ3n) is 4.21. The second kappa shape index (κ2) is 8.27. The highest BCUT2D eigenvalue weighted by molar-refractivity contribution is 5.96. The highest BCUT2D eigenvalue weighted by atomic mass is 19.1. The molecule has 0 atom stereocenters. The third-order valence-corrected chi connectivity index (χ3v) is 4.21. The lowest BCUT2D eigenvalue weighted by atomic mass is 10.00. The number of urea groups is 1. The van der Waals surface area contributed by atoms with Crippen LogP contribution in [0, 0.1) is 11.2 Å². The number of amides is 2. The van der Waals surface area contributed by atoms with E-state index in [2.05, 4.69) is 15.5 Å². The molecule has 0 unspecified atom stereocenters. The maximum atomic E-state index is 13.3. The highest BCUT2D eigenvalue weighted by Crippen LogP contribution is 2.26. The summed E-state index contributed by atoms with van der Waals surface area (Å²) in [6, 6.07) is 11.2. The molecule has 3 rings (SSSR count). The van der Waals surface area contributed by atoms with Crippen LogP contribution in [-0.4, -0.2) is 27.5 Å². The Bertz CT molecular complexity index is 939. The SMILES string of the molecule is CCc1cc(NC(=O)N(C=N)Cc2cccc(F)c2)ccc1-c1cn[nH]c1. The molecule has 0 saturated heterocycles. The van der Waals surface area contributed by atoms with E-state index in [1.165, 1.54) is 17.0 Å². The number of hydrogen-bond acceptors (Lipinski definition) is 3. The van der Waals surface area contributed by atoms with Gasteiger partial charge in [-0.1, -0.05) is 25.1 Å². The smallest absolute Gasteiger partial charge is 0.307 e. The number of nitrogens with one attached hydrogen (secondary N) is 3. The quantitative estimate of drug-likeness (QED) is 0.446. The Labute approximate surface area is 156 Å². The molecule has 6 nitrogen and oxygen atoms in total. The maximum absolute atomic E-state index is 13.3. The van der Waals surface area contributed by atoms with Gasteiger partial charge in [0.15, 0.2) is 0 Å². The zero-order chi connectivity index (χ0) is 19.2. The predicted octanol–water partition coefficient (Wildman–Crippen LogP) is 4.42. The number of hydrogen-bond donors (Lipinski definition) is 3. The van der Waals surface area contributed by atoms with E-state index in [9.17, 15) is 9.18 Å². The van der Waals surface area contributed by atoms with Crippen molar-refractivity contribution in [2.45, 2.75) is 19.9 Å². The van der Waals surface area contributed by atoms with Crippen LogP contribution < -0.4 is 5.32 Å². The molecule has 0 aliphatic heterocycles. The van der Waals surface area contributed by atoms with Crippen LogP contribution in [0.4, 0.5) is 14.9 Å². The van der Waals surface area contributed by atoms with Gasteiger partial charge in [0.05, 0.1) is 19.1 Å². The molecule has 1 heterocycles. The first-order valence-electron chi connectivity index (χ1n) is 8.55. The van der Waals surface area contributed by atoms with Crippen molar-refractivity contribution in [1.29, 1.82) is 5.41 Å². The number of aryl methyl sites for hydroxylation is 1.